The van der Waals surface area contributed by atoms with Gasteiger partial charge in [-0.25, -0.2) is 0 Å². The van der Waals surface area contributed by atoms with Crippen molar-refractivity contribution in [3.05, 3.63) is 29.8 Å². The molecule has 1 aromatic heterocycles. The second-order valence-electron chi connectivity index (χ2n) is 4.84. The number of anilines is 1. The summed E-state index contributed by atoms with van der Waals surface area (Å²) in [6, 6.07) is 9.86. The molecular weight excluding hydrogens is 360 g/mol. The lowest BCUT2D eigenvalue weighted by molar-refractivity contribution is -0.116. The normalized spacial score (nSPS) is 10.4. The smallest absolute Gasteiger partial charge is 0.237 e. The van der Waals surface area contributed by atoms with E-state index in [1.165, 1.54) is 23.1 Å². The number of hydrogen-bond acceptors (Lipinski definition) is 7. The number of aryl methyl sites for hydroxylation is 1. The van der Waals surface area contributed by atoms with Gasteiger partial charge in [-0.1, -0.05) is 59.5 Å². The number of benzene rings is 1. The van der Waals surface area contributed by atoms with E-state index >= 15 is 0 Å². The molecular formula is C16H18N4OS3. The van der Waals surface area contributed by atoms with Crippen molar-refractivity contribution in [2.75, 3.05) is 23.0 Å². The van der Waals surface area contributed by atoms with Gasteiger partial charge in [0.1, 0.15) is 0 Å². The van der Waals surface area contributed by atoms with E-state index < -0.39 is 0 Å². The first-order valence-corrected chi connectivity index (χ1v) is 10.3. The molecule has 1 amide bonds. The number of nitriles is 1. The molecule has 0 N–H and O–H groups in total. The van der Waals surface area contributed by atoms with Gasteiger partial charge in [0.2, 0.25) is 5.91 Å². The van der Waals surface area contributed by atoms with E-state index in [1.807, 2.05) is 31.2 Å². The molecule has 1 aromatic carbocycles. The molecule has 0 aliphatic rings. The molecule has 2 rings (SSSR count). The summed E-state index contributed by atoms with van der Waals surface area (Å²) in [5.74, 6) is 1.21. The van der Waals surface area contributed by atoms with Crippen LogP contribution in [0.3, 0.4) is 0 Å². The number of hydrogen-bond donors (Lipinski definition) is 0. The van der Waals surface area contributed by atoms with Gasteiger partial charge in [-0.2, -0.15) is 5.26 Å². The first-order chi connectivity index (χ1) is 11.6. The maximum absolute atomic E-state index is 12.6. The van der Waals surface area contributed by atoms with Crippen LogP contribution in [0.25, 0.3) is 0 Å². The minimum Gasteiger partial charge on any atom is -0.311 e. The molecule has 5 nitrogen and oxygen atoms in total. The monoisotopic (exact) mass is 378 g/mol. The van der Waals surface area contributed by atoms with Crippen LogP contribution >= 0.6 is 34.9 Å². The van der Waals surface area contributed by atoms with Crippen molar-refractivity contribution in [2.45, 2.75) is 28.9 Å². The Morgan fingerprint density at radius 2 is 1.92 bits per heavy atom. The van der Waals surface area contributed by atoms with Gasteiger partial charge in [0.25, 0.3) is 0 Å². The van der Waals surface area contributed by atoms with Gasteiger partial charge in [-0.15, -0.1) is 10.2 Å². The number of nitrogens with zero attached hydrogens (tertiary/aromatic N) is 4. The summed E-state index contributed by atoms with van der Waals surface area (Å²) in [7, 11) is 0. The molecule has 0 bridgehead atoms. The molecule has 2 aromatic rings. The van der Waals surface area contributed by atoms with Crippen molar-refractivity contribution in [3.63, 3.8) is 0 Å². The molecule has 0 saturated heterocycles. The van der Waals surface area contributed by atoms with Crippen molar-refractivity contribution < 1.29 is 4.79 Å². The van der Waals surface area contributed by atoms with E-state index in [0.29, 0.717) is 13.0 Å². The fourth-order valence-electron chi connectivity index (χ4n) is 1.92. The Bertz CT molecular complexity index is 709. The summed E-state index contributed by atoms with van der Waals surface area (Å²) in [4.78, 5) is 14.3. The van der Waals surface area contributed by atoms with Crippen molar-refractivity contribution >= 4 is 46.5 Å². The zero-order valence-corrected chi connectivity index (χ0v) is 16.0. The van der Waals surface area contributed by atoms with Crippen LogP contribution in [-0.4, -0.2) is 34.2 Å². The highest BCUT2D eigenvalue weighted by atomic mass is 32.2. The van der Waals surface area contributed by atoms with E-state index in [9.17, 15) is 4.79 Å². The van der Waals surface area contributed by atoms with Crippen LogP contribution in [0, 0.1) is 18.3 Å². The van der Waals surface area contributed by atoms with Crippen molar-refractivity contribution in [2.24, 2.45) is 0 Å². The zero-order valence-electron chi connectivity index (χ0n) is 13.6. The molecule has 8 heteroatoms. The van der Waals surface area contributed by atoms with Crippen LogP contribution in [0.4, 0.5) is 5.69 Å². The average Bonchev–Trinajstić information content (AvgIpc) is 3.03. The highest BCUT2D eigenvalue weighted by Crippen LogP contribution is 2.29. The number of carbonyl (C=O) groups excluding carboxylic acids is 1. The Morgan fingerprint density at radius 1 is 1.25 bits per heavy atom. The molecule has 0 aliphatic carbocycles. The number of thioether (sulfide) groups is 2. The van der Waals surface area contributed by atoms with Crippen molar-refractivity contribution in [3.8, 4) is 6.07 Å². The molecule has 24 heavy (non-hydrogen) atoms. The first kappa shape index (κ1) is 18.8. The Balaban J connectivity index is 2.01. The third-order valence-electron chi connectivity index (χ3n) is 3.07. The lowest BCUT2D eigenvalue weighted by atomic mass is 10.2. The molecule has 1 heterocycles. The third-order valence-corrected chi connectivity index (χ3v) is 6.13. The Hall–Kier alpha value is -1.56. The minimum atomic E-state index is -0.0287. The number of aromatic nitrogens is 2. The van der Waals surface area contributed by atoms with E-state index in [1.54, 1.807) is 16.7 Å². The number of amides is 1. The SMILES string of the molecule is CCSc1nnc(SCC(=O)N(CCC#N)c2ccc(C)cc2)s1. The van der Waals surface area contributed by atoms with Crippen LogP contribution in [0.15, 0.2) is 32.9 Å². The second-order valence-corrected chi connectivity index (χ2v) is 8.56. The fraction of sp³-hybridized carbons (Fsp3) is 0.375. The maximum Gasteiger partial charge on any atom is 0.237 e. The van der Waals surface area contributed by atoms with Crippen molar-refractivity contribution in [1.82, 2.24) is 10.2 Å². The maximum atomic E-state index is 12.6. The first-order valence-electron chi connectivity index (χ1n) is 7.47. The summed E-state index contributed by atoms with van der Waals surface area (Å²) in [5, 5.41) is 17.0. The quantitative estimate of drug-likeness (QED) is 0.647. The molecule has 0 radical (unpaired) electrons. The van der Waals surface area contributed by atoms with E-state index in [4.69, 9.17) is 5.26 Å². The van der Waals surface area contributed by atoms with E-state index in [0.717, 1.165) is 25.7 Å². The molecule has 0 fully saturated rings. The standard InChI is InChI=1S/C16H18N4OS3/c1-3-22-15-18-19-16(24-15)23-11-14(21)20(10-4-9-17)13-7-5-12(2)6-8-13/h5-8H,3-4,10-11H2,1-2H3. The minimum absolute atomic E-state index is 0.0287. The lowest BCUT2D eigenvalue weighted by Crippen LogP contribution is -2.33. The number of carbonyl (C=O) groups is 1. The predicted molar refractivity (Wildman–Crippen MR) is 101 cm³/mol. The van der Waals surface area contributed by atoms with E-state index in [2.05, 4.69) is 23.2 Å². The second kappa shape index (κ2) is 9.67. The topological polar surface area (TPSA) is 69.9 Å². The summed E-state index contributed by atoms with van der Waals surface area (Å²) in [6.07, 6.45) is 0.306. The predicted octanol–water partition coefficient (Wildman–Crippen LogP) is 4.00. The zero-order chi connectivity index (χ0) is 17.4. The largest absolute Gasteiger partial charge is 0.311 e. The van der Waals surface area contributed by atoms with Crippen LogP contribution in [0.2, 0.25) is 0 Å². The molecule has 0 spiro atoms. The van der Waals surface area contributed by atoms with Crippen LogP contribution < -0.4 is 4.90 Å². The van der Waals surface area contributed by atoms with Crippen LogP contribution in [-0.2, 0) is 4.79 Å². The van der Waals surface area contributed by atoms with Gasteiger partial charge < -0.3 is 4.90 Å². The Kier molecular flexibility index (Phi) is 7.56. The summed E-state index contributed by atoms with van der Waals surface area (Å²) < 4.78 is 1.72. The van der Waals surface area contributed by atoms with Crippen LogP contribution in [0.1, 0.15) is 18.9 Å². The Morgan fingerprint density at radius 3 is 2.54 bits per heavy atom. The molecule has 0 aliphatic heterocycles. The average molecular weight is 379 g/mol. The van der Waals surface area contributed by atoms with Gasteiger partial charge in [0.15, 0.2) is 8.68 Å². The summed E-state index contributed by atoms with van der Waals surface area (Å²) in [6.45, 7) is 4.46. The molecule has 126 valence electrons. The van der Waals surface area contributed by atoms with Gasteiger partial charge >= 0.3 is 0 Å². The summed E-state index contributed by atoms with van der Waals surface area (Å²) in [5.41, 5.74) is 1.96. The highest BCUT2D eigenvalue weighted by Gasteiger charge is 2.17. The van der Waals surface area contributed by atoms with Gasteiger partial charge in [0.05, 0.1) is 18.2 Å². The summed E-state index contributed by atoms with van der Waals surface area (Å²) >= 11 is 4.55. The van der Waals surface area contributed by atoms with Gasteiger partial charge in [-0.3, -0.25) is 4.79 Å². The molecule has 0 atom stereocenters. The molecule has 0 saturated carbocycles. The van der Waals surface area contributed by atoms with Gasteiger partial charge in [-0.05, 0) is 24.8 Å². The number of rotatable bonds is 8. The molecule has 0 unspecified atom stereocenters. The third kappa shape index (κ3) is 5.51. The van der Waals surface area contributed by atoms with E-state index in [-0.39, 0.29) is 11.7 Å². The Labute approximate surface area is 154 Å². The van der Waals surface area contributed by atoms with Crippen molar-refractivity contribution in [1.29, 1.82) is 5.26 Å². The lowest BCUT2D eigenvalue weighted by Gasteiger charge is -2.21. The fourth-order valence-corrected chi connectivity index (χ4v) is 4.72. The highest BCUT2D eigenvalue weighted by molar-refractivity contribution is 8.03. The van der Waals surface area contributed by atoms with Crippen LogP contribution in [0.5, 0.6) is 0 Å². The van der Waals surface area contributed by atoms with Gasteiger partial charge in [0, 0.05) is 12.2 Å².